The maximum Gasteiger partial charge on any atom is 0.231 e. The number of hydrogen-bond acceptors (Lipinski definition) is 4. The lowest BCUT2D eigenvalue weighted by molar-refractivity contribution is -0.137. The smallest absolute Gasteiger partial charge is 0.231 e. The van der Waals surface area contributed by atoms with Crippen molar-refractivity contribution in [1.82, 2.24) is 15.3 Å². The number of ketones is 1. The summed E-state index contributed by atoms with van der Waals surface area (Å²) in [5.74, 6) is -0.0830. The van der Waals surface area contributed by atoms with E-state index in [0.717, 1.165) is 36.8 Å². The van der Waals surface area contributed by atoms with Crippen molar-refractivity contribution in [2.75, 3.05) is 0 Å². The van der Waals surface area contributed by atoms with E-state index in [1.807, 2.05) is 37.3 Å². The minimum Gasteiger partial charge on any atom is -0.352 e. The van der Waals surface area contributed by atoms with E-state index in [-0.39, 0.29) is 23.7 Å². The average Bonchev–Trinajstić information content (AvgIpc) is 2.72. The van der Waals surface area contributed by atoms with Crippen LogP contribution in [0.1, 0.15) is 48.6 Å². The molecular formula is C23H25N3O2. The van der Waals surface area contributed by atoms with Crippen molar-refractivity contribution in [3.63, 3.8) is 0 Å². The third-order valence-electron chi connectivity index (χ3n) is 5.98. The Labute approximate surface area is 165 Å². The molecular weight excluding hydrogens is 350 g/mol. The van der Waals surface area contributed by atoms with Crippen molar-refractivity contribution in [2.45, 2.75) is 44.6 Å². The Kier molecular flexibility index (Phi) is 5.33. The number of rotatable bonds is 4. The standard InChI is InChI=1S/C23H25N3O2/c1-15-24-13-16(14-25-15)11-12-20(27)22-21(17-7-3-2-4-8-17)18-9-5-6-10-19(18)26-23(22)28/h2-4,7-8,11-14,18-19,21-22H,5-6,9-10H2,1H3,(H,26,28)/b12-11+. The number of piperidine rings is 1. The highest BCUT2D eigenvalue weighted by atomic mass is 16.2. The topological polar surface area (TPSA) is 72.0 Å². The van der Waals surface area contributed by atoms with E-state index in [9.17, 15) is 9.59 Å². The van der Waals surface area contributed by atoms with Gasteiger partial charge in [0.05, 0.1) is 0 Å². The van der Waals surface area contributed by atoms with Gasteiger partial charge in [0.15, 0.2) is 5.78 Å². The fraction of sp³-hybridized carbons (Fsp3) is 0.391. The molecule has 1 aliphatic carbocycles. The Morgan fingerprint density at radius 2 is 1.82 bits per heavy atom. The molecule has 1 aromatic carbocycles. The third-order valence-corrected chi connectivity index (χ3v) is 5.98. The van der Waals surface area contributed by atoms with Crippen molar-refractivity contribution in [1.29, 1.82) is 0 Å². The molecule has 1 aromatic heterocycles. The van der Waals surface area contributed by atoms with Gasteiger partial charge in [0.25, 0.3) is 0 Å². The Morgan fingerprint density at radius 3 is 2.57 bits per heavy atom. The van der Waals surface area contributed by atoms with E-state index < -0.39 is 5.92 Å². The summed E-state index contributed by atoms with van der Waals surface area (Å²) >= 11 is 0. The minimum atomic E-state index is -0.690. The molecule has 5 nitrogen and oxygen atoms in total. The lowest BCUT2D eigenvalue weighted by Gasteiger charge is -2.45. The van der Waals surface area contributed by atoms with Crippen LogP contribution in [0.5, 0.6) is 0 Å². The number of nitrogens with one attached hydrogen (secondary N) is 1. The molecule has 1 aliphatic heterocycles. The van der Waals surface area contributed by atoms with Gasteiger partial charge in [-0.1, -0.05) is 43.2 Å². The van der Waals surface area contributed by atoms with E-state index in [1.54, 1.807) is 18.5 Å². The van der Waals surface area contributed by atoms with Crippen LogP contribution in [-0.2, 0) is 9.59 Å². The summed E-state index contributed by atoms with van der Waals surface area (Å²) < 4.78 is 0. The molecule has 2 fully saturated rings. The molecule has 28 heavy (non-hydrogen) atoms. The highest BCUT2D eigenvalue weighted by Gasteiger charge is 2.47. The molecule has 144 valence electrons. The van der Waals surface area contributed by atoms with Crippen LogP contribution in [0.2, 0.25) is 0 Å². The van der Waals surface area contributed by atoms with Gasteiger partial charge in [0.1, 0.15) is 11.7 Å². The van der Waals surface area contributed by atoms with Crippen LogP contribution in [-0.4, -0.2) is 27.7 Å². The van der Waals surface area contributed by atoms with Gasteiger partial charge in [0.2, 0.25) is 5.91 Å². The second-order valence-corrected chi connectivity index (χ2v) is 7.78. The Morgan fingerprint density at radius 1 is 1.11 bits per heavy atom. The van der Waals surface area contributed by atoms with Gasteiger partial charge in [-0.25, -0.2) is 9.97 Å². The number of allylic oxidation sites excluding steroid dienone is 1. The first-order valence-corrected chi connectivity index (χ1v) is 9.99. The summed E-state index contributed by atoms with van der Waals surface area (Å²) in [5.41, 5.74) is 1.83. The molecule has 2 heterocycles. The summed E-state index contributed by atoms with van der Waals surface area (Å²) in [6.45, 7) is 1.82. The number of amides is 1. The number of hydrogen-bond donors (Lipinski definition) is 1. The first kappa shape index (κ1) is 18.5. The van der Waals surface area contributed by atoms with Crippen LogP contribution < -0.4 is 5.32 Å². The molecule has 2 aromatic rings. The normalized spacial score (nSPS) is 27.2. The highest BCUT2D eigenvalue weighted by molar-refractivity contribution is 6.09. The lowest BCUT2D eigenvalue weighted by Crippen LogP contribution is -2.56. The number of aromatic nitrogens is 2. The van der Waals surface area contributed by atoms with Crippen molar-refractivity contribution in [3.05, 3.63) is 65.8 Å². The van der Waals surface area contributed by atoms with Crippen molar-refractivity contribution in [2.24, 2.45) is 11.8 Å². The first-order chi connectivity index (χ1) is 13.6. The van der Waals surface area contributed by atoms with Gasteiger partial charge in [0, 0.05) is 29.9 Å². The zero-order chi connectivity index (χ0) is 19.5. The number of nitrogens with zero attached hydrogens (tertiary/aromatic N) is 2. The SMILES string of the molecule is Cc1ncc(/C=C/C(=O)C2C(=O)NC3CCCCC3C2c2ccccc2)cn1. The Hall–Kier alpha value is -2.82. The van der Waals surface area contributed by atoms with E-state index in [0.29, 0.717) is 11.7 Å². The molecule has 2 aliphatic rings. The van der Waals surface area contributed by atoms with Crippen molar-refractivity contribution in [3.8, 4) is 0 Å². The summed E-state index contributed by atoms with van der Waals surface area (Å²) in [4.78, 5) is 34.4. The summed E-state index contributed by atoms with van der Waals surface area (Å²) in [7, 11) is 0. The van der Waals surface area contributed by atoms with Crippen LogP contribution in [0, 0.1) is 18.8 Å². The van der Waals surface area contributed by atoms with E-state index >= 15 is 0 Å². The van der Waals surface area contributed by atoms with Crippen LogP contribution in [0.4, 0.5) is 0 Å². The summed E-state index contributed by atoms with van der Waals surface area (Å²) in [6.07, 6.45) is 10.9. The summed E-state index contributed by atoms with van der Waals surface area (Å²) in [5, 5.41) is 3.14. The van der Waals surface area contributed by atoms with Crippen molar-refractivity contribution >= 4 is 17.8 Å². The highest BCUT2D eigenvalue weighted by Crippen LogP contribution is 2.44. The molecule has 1 saturated heterocycles. The predicted molar refractivity (Wildman–Crippen MR) is 107 cm³/mol. The second-order valence-electron chi connectivity index (χ2n) is 7.78. The number of carbonyl (C=O) groups excluding carboxylic acids is 2. The van der Waals surface area contributed by atoms with Crippen LogP contribution in [0.3, 0.4) is 0 Å². The minimum absolute atomic E-state index is 0.0772. The Bertz CT molecular complexity index is 876. The maximum absolute atomic E-state index is 13.1. The number of aryl methyl sites for hydroxylation is 1. The van der Waals surface area contributed by atoms with Gasteiger partial charge in [-0.15, -0.1) is 0 Å². The Balaban J connectivity index is 1.64. The molecule has 0 spiro atoms. The zero-order valence-electron chi connectivity index (χ0n) is 16.0. The van der Waals surface area contributed by atoms with Gasteiger partial charge in [-0.05, 0) is 43.4 Å². The molecule has 4 atom stereocenters. The van der Waals surface area contributed by atoms with Gasteiger partial charge >= 0.3 is 0 Å². The molecule has 1 amide bonds. The molecule has 4 rings (SSSR count). The van der Waals surface area contributed by atoms with Gasteiger partial charge in [-0.3, -0.25) is 9.59 Å². The van der Waals surface area contributed by atoms with Gasteiger partial charge < -0.3 is 5.32 Å². The van der Waals surface area contributed by atoms with Crippen LogP contribution >= 0.6 is 0 Å². The number of benzene rings is 1. The van der Waals surface area contributed by atoms with E-state index in [2.05, 4.69) is 15.3 Å². The third kappa shape index (κ3) is 3.75. The molecule has 0 radical (unpaired) electrons. The molecule has 4 unspecified atom stereocenters. The second kappa shape index (κ2) is 8.05. The fourth-order valence-electron chi connectivity index (χ4n) is 4.64. The molecule has 1 saturated carbocycles. The largest absolute Gasteiger partial charge is 0.352 e. The van der Waals surface area contributed by atoms with Crippen LogP contribution in [0.25, 0.3) is 6.08 Å². The van der Waals surface area contributed by atoms with Crippen LogP contribution in [0.15, 0.2) is 48.8 Å². The molecule has 1 N–H and O–H groups in total. The lowest BCUT2D eigenvalue weighted by atomic mass is 9.64. The fourth-order valence-corrected chi connectivity index (χ4v) is 4.64. The van der Waals surface area contributed by atoms with Gasteiger partial charge in [-0.2, -0.15) is 0 Å². The average molecular weight is 375 g/mol. The van der Waals surface area contributed by atoms with E-state index in [1.165, 1.54) is 6.08 Å². The molecule has 0 bridgehead atoms. The maximum atomic E-state index is 13.1. The predicted octanol–water partition coefficient (Wildman–Crippen LogP) is 3.46. The molecule has 5 heteroatoms. The summed E-state index contributed by atoms with van der Waals surface area (Å²) in [6, 6.07) is 10.2. The van der Waals surface area contributed by atoms with E-state index in [4.69, 9.17) is 0 Å². The quantitative estimate of drug-likeness (QED) is 0.656. The van der Waals surface area contributed by atoms with Crippen molar-refractivity contribution < 1.29 is 9.59 Å². The zero-order valence-corrected chi connectivity index (χ0v) is 16.0. The number of fused-ring (bicyclic) bond motifs is 1. The first-order valence-electron chi connectivity index (χ1n) is 9.99. The number of carbonyl (C=O) groups is 2. The monoisotopic (exact) mass is 375 g/mol.